The first kappa shape index (κ1) is 19.7. The van der Waals surface area contributed by atoms with Gasteiger partial charge in [0.2, 0.25) is 0 Å². The van der Waals surface area contributed by atoms with Crippen molar-refractivity contribution in [3.05, 3.63) is 29.3 Å². The van der Waals surface area contributed by atoms with Gasteiger partial charge < -0.3 is 4.74 Å². The minimum absolute atomic E-state index is 0.203. The summed E-state index contributed by atoms with van der Waals surface area (Å²) in [7, 11) is 3.73. The highest BCUT2D eigenvalue weighted by atomic mass is 16.5. The van der Waals surface area contributed by atoms with Crippen LogP contribution in [0.3, 0.4) is 0 Å². The van der Waals surface area contributed by atoms with E-state index in [9.17, 15) is 4.79 Å². The number of hydrogen-bond acceptors (Lipinski definition) is 3. The van der Waals surface area contributed by atoms with Gasteiger partial charge in [-0.2, -0.15) is 0 Å². The topological polar surface area (TPSA) is 29.5 Å². The highest BCUT2D eigenvalue weighted by Gasteiger charge is 2.09. The molecule has 3 nitrogen and oxygen atoms in total. The Morgan fingerprint density at radius 1 is 1.04 bits per heavy atom. The molecule has 0 aromatic heterocycles. The lowest BCUT2D eigenvalue weighted by Crippen LogP contribution is -2.25. The minimum Gasteiger partial charge on any atom is -0.425 e. The van der Waals surface area contributed by atoms with Gasteiger partial charge in [0.1, 0.15) is 5.75 Å². The summed E-state index contributed by atoms with van der Waals surface area (Å²) in [5.41, 5.74) is 2.28. The molecule has 0 aliphatic carbocycles. The van der Waals surface area contributed by atoms with E-state index in [0.29, 0.717) is 12.3 Å². The molecule has 1 aromatic carbocycles. The molecule has 0 radical (unpaired) electrons. The average molecular weight is 319 g/mol. The van der Waals surface area contributed by atoms with Crippen molar-refractivity contribution in [3.8, 4) is 5.75 Å². The van der Waals surface area contributed by atoms with Crippen LogP contribution in [0.5, 0.6) is 5.75 Å². The van der Waals surface area contributed by atoms with Crippen LogP contribution in [0.2, 0.25) is 0 Å². The molecule has 0 bridgehead atoms. The molecule has 0 unspecified atom stereocenters. The van der Waals surface area contributed by atoms with Gasteiger partial charge >= 0.3 is 5.97 Å². The van der Waals surface area contributed by atoms with Crippen molar-refractivity contribution >= 4 is 5.97 Å². The molecular weight excluding hydrogens is 286 g/mol. The first-order chi connectivity index (χ1) is 11.0. The molecule has 0 saturated carbocycles. The van der Waals surface area contributed by atoms with Gasteiger partial charge in [0.15, 0.2) is 0 Å². The van der Waals surface area contributed by atoms with E-state index in [-0.39, 0.29) is 5.97 Å². The Bertz CT molecular complexity index is 469. The number of aryl methyl sites for hydroxylation is 2. The maximum absolute atomic E-state index is 11.8. The molecule has 3 heteroatoms. The number of likely N-dealkylation sites (N-methyl/N-ethyl adjacent to an activating group) is 1. The molecule has 0 N–H and O–H groups in total. The Kier molecular flexibility index (Phi) is 9.61. The summed E-state index contributed by atoms with van der Waals surface area (Å²) in [5.74, 6) is 0.503. The van der Waals surface area contributed by atoms with E-state index in [4.69, 9.17) is 4.74 Å². The van der Waals surface area contributed by atoms with Crippen LogP contribution in [0.1, 0.15) is 63.0 Å². The molecule has 0 aliphatic rings. The maximum Gasteiger partial charge on any atom is 0.325 e. The third-order valence-corrected chi connectivity index (χ3v) is 3.99. The predicted molar refractivity (Wildman–Crippen MR) is 97.1 cm³/mol. The lowest BCUT2D eigenvalue weighted by molar-refractivity contribution is -0.135. The number of carbonyl (C=O) groups is 1. The van der Waals surface area contributed by atoms with E-state index in [0.717, 1.165) is 12.0 Å². The zero-order valence-electron chi connectivity index (χ0n) is 15.4. The Labute approximate surface area is 142 Å². The first-order valence-corrected chi connectivity index (χ1v) is 8.98. The summed E-state index contributed by atoms with van der Waals surface area (Å²) in [6, 6.07) is 6.23. The normalized spacial score (nSPS) is 11.0. The van der Waals surface area contributed by atoms with Crippen LogP contribution in [0.4, 0.5) is 0 Å². The van der Waals surface area contributed by atoms with Crippen molar-refractivity contribution in [1.29, 1.82) is 0 Å². The highest BCUT2D eigenvalue weighted by molar-refractivity contribution is 5.74. The number of nitrogens with zero attached hydrogens (tertiary/aromatic N) is 1. The number of benzene rings is 1. The summed E-state index contributed by atoms with van der Waals surface area (Å²) in [6.07, 6.45) is 10.3. The summed E-state index contributed by atoms with van der Waals surface area (Å²) < 4.78 is 5.49. The van der Waals surface area contributed by atoms with Crippen molar-refractivity contribution in [1.82, 2.24) is 4.90 Å². The zero-order valence-corrected chi connectivity index (χ0v) is 15.4. The molecule has 0 fully saturated rings. The third kappa shape index (κ3) is 8.75. The number of ether oxygens (including phenoxy) is 1. The van der Waals surface area contributed by atoms with Gasteiger partial charge in [0.25, 0.3) is 0 Å². The van der Waals surface area contributed by atoms with Gasteiger partial charge in [-0.05, 0) is 51.1 Å². The fourth-order valence-electron chi connectivity index (χ4n) is 2.61. The van der Waals surface area contributed by atoms with Crippen LogP contribution >= 0.6 is 0 Å². The Morgan fingerprint density at radius 3 is 2.35 bits per heavy atom. The Hall–Kier alpha value is -1.35. The number of carbonyl (C=O) groups excluding carboxylic acids is 1. The van der Waals surface area contributed by atoms with Gasteiger partial charge in [-0.15, -0.1) is 0 Å². The van der Waals surface area contributed by atoms with Gasteiger partial charge in [0.05, 0.1) is 6.54 Å². The minimum atomic E-state index is -0.203. The Balaban J connectivity index is 2.39. The standard InChI is InChI=1S/C20H33NO2/c1-5-6-7-8-9-10-11-12-18-14-13-17(2)19(15-18)23-20(22)16-21(3)4/h13-15H,5-12,16H2,1-4H3. The third-order valence-electron chi connectivity index (χ3n) is 3.99. The van der Waals surface area contributed by atoms with E-state index in [2.05, 4.69) is 19.1 Å². The van der Waals surface area contributed by atoms with E-state index >= 15 is 0 Å². The lowest BCUT2D eigenvalue weighted by atomic mass is 10.0. The fraction of sp³-hybridized carbons (Fsp3) is 0.650. The van der Waals surface area contributed by atoms with Crippen molar-refractivity contribution < 1.29 is 9.53 Å². The van der Waals surface area contributed by atoms with Crippen LogP contribution in [0.15, 0.2) is 18.2 Å². The number of rotatable bonds is 11. The number of esters is 1. The van der Waals surface area contributed by atoms with Crippen LogP contribution < -0.4 is 4.74 Å². The fourth-order valence-corrected chi connectivity index (χ4v) is 2.61. The summed E-state index contributed by atoms with van der Waals surface area (Å²) in [6.45, 7) is 4.54. The molecule has 1 rings (SSSR count). The number of unbranched alkanes of at least 4 members (excludes halogenated alkanes) is 6. The average Bonchev–Trinajstić information content (AvgIpc) is 2.48. The summed E-state index contributed by atoms with van der Waals surface area (Å²) >= 11 is 0. The van der Waals surface area contributed by atoms with Gasteiger partial charge in [-0.3, -0.25) is 9.69 Å². The number of hydrogen-bond donors (Lipinski definition) is 0. The summed E-state index contributed by atoms with van der Waals surface area (Å²) in [4.78, 5) is 13.6. The first-order valence-electron chi connectivity index (χ1n) is 8.98. The van der Waals surface area contributed by atoms with E-state index < -0.39 is 0 Å². The van der Waals surface area contributed by atoms with Crippen LogP contribution in [-0.4, -0.2) is 31.5 Å². The van der Waals surface area contributed by atoms with Gasteiger partial charge in [-0.1, -0.05) is 57.6 Å². The molecule has 0 spiro atoms. The smallest absolute Gasteiger partial charge is 0.325 e. The van der Waals surface area contributed by atoms with Crippen molar-refractivity contribution in [3.63, 3.8) is 0 Å². The van der Waals surface area contributed by atoms with Crippen molar-refractivity contribution in [2.24, 2.45) is 0 Å². The largest absolute Gasteiger partial charge is 0.425 e. The van der Waals surface area contributed by atoms with E-state index in [1.165, 1.54) is 50.5 Å². The van der Waals surface area contributed by atoms with Crippen LogP contribution in [-0.2, 0) is 11.2 Å². The molecule has 1 aromatic rings. The van der Waals surface area contributed by atoms with E-state index in [1.54, 1.807) is 0 Å². The molecule has 0 atom stereocenters. The van der Waals surface area contributed by atoms with Gasteiger partial charge in [-0.25, -0.2) is 0 Å². The van der Waals surface area contributed by atoms with Crippen molar-refractivity contribution in [2.75, 3.05) is 20.6 Å². The van der Waals surface area contributed by atoms with Gasteiger partial charge in [0, 0.05) is 0 Å². The van der Waals surface area contributed by atoms with E-state index in [1.807, 2.05) is 32.0 Å². The molecule has 130 valence electrons. The monoisotopic (exact) mass is 319 g/mol. The maximum atomic E-state index is 11.8. The second kappa shape index (κ2) is 11.2. The summed E-state index contributed by atoms with van der Waals surface area (Å²) in [5, 5.41) is 0. The molecule has 0 amide bonds. The lowest BCUT2D eigenvalue weighted by Gasteiger charge is -2.12. The Morgan fingerprint density at radius 2 is 1.70 bits per heavy atom. The second-order valence-electron chi connectivity index (χ2n) is 6.68. The zero-order chi connectivity index (χ0) is 17.1. The predicted octanol–water partition coefficient (Wildman–Crippen LogP) is 4.76. The molecule has 0 aliphatic heterocycles. The van der Waals surface area contributed by atoms with Crippen LogP contribution in [0.25, 0.3) is 0 Å². The molecule has 23 heavy (non-hydrogen) atoms. The van der Waals surface area contributed by atoms with Crippen molar-refractivity contribution in [2.45, 2.75) is 65.2 Å². The molecule has 0 saturated heterocycles. The quantitative estimate of drug-likeness (QED) is 0.335. The second-order valence-corrected chi connectivity index (χ2v) is 6.68. The highest BCUT2D eigenvalue weighted by Crippen LogP contribution is 2.21. The molecule has 0 heterocycles. The van der Waals surface area contributed by atoms with Crippen LogP contribution in [0, 0.1) is 6.92 Å². The molecular formula is C20H33NO2. The SMILES string of the molecule is CCCCCCCCCc1ccc(C)c(OC(=O)CN(C)C)c1.